The highest BCUT2D eigenvalue weighted by Gasteiger charge is 2.28. The van der Waals surface area contributed by atoms with Crippen molar-refractivity contribution in [2.24, 2.45) is 0 Å². The highest BCUT2D eigenvalue weighted by atomic mass is 16.5. The molecule has 2 aromatic rings. The van der Waals surface area contributed by atoms with Crippen molar-refractivity contribution in [3.63, 3.8) is 0 Å². The predicted molar refractivity (Wildman–Crippen MR) is 101 cm³/mol. The molecule has 0 bridgehead atoms. The zero-order valence-corrected chi connectivity index (χ0v) is 15.9. The fraction of sp³-hybridized carbons (Fsp3) is 0.500. The van der Waals surface area contributed by atoms with Crippen LogP contribution in [0.15, 0.2) is 16.5 Å². The van der Waals surface area contributed by atoms with E-state index in [1.54, 1.807) is 0 Å². The summed E-state index contributed by atoms with van der Waals surface area (Å²) in [7, 11) is 1.33. The van der Waals surface area contributed by atoms with Crippen molar-refractivity contribution in [1.82, 2.24) is 0 Å². The Morgan fingerprint density at radius 1 is 1.26 bits per heavy atom. The topological polar surface area (TPSA) is 89.2 Å². The first kappa shape index (κ1) is 19.2. The molecule has 0 spiro atoms. The zero-order chi connectivity index (χ0) is 19.6. The number of esters is 1. The Morgan fingerprint density at radius 2 is 1.96 bits per heavy atom. The summed E-state index contributed by atoms with van der Waals surface area (Å²) in [4.78, 5) is 26.2. The lowest BCUT2D eigenvalue weighted by Crippen LogP contribution is -2.40. The molecular formula is C20H25NO6. The molecule has 0 amide bonds. The van der Waals surface area contributed by atoms with Crippen molar-refractivity contribution in [1.29, 1.82) is 0 Å². The summed E-state index contributed by atoms with van der Waals surface area (Å²) in [5.74, 6) is -1.85. The van der Waals surface area contributed by atoms with Gasteiger partial charge in [0.1, 0.15) is 5.58 Å². The van der Waals surface area contributed by atoms with Gasteiger partial charge in [0, 0.05) is 49.0 Å². The molecule has 1 N–H and O–H groups in total. The number of carboxylic acid groups (broad SMARTS) is 1. The van der Waals surface area contributed by atoms with Gasteiger partial charge in [-0.15, -0.1) is 0 Å². The maximum absolute atomic E-state index is 12.6. The van der Waals surface area contributed by atoms with E-state index >= 15 is 0 Å². The van der Waals surface area contributed by atoms with Gasteiger partial charge in [0.2, 0.25) is 5.76 Å². The van der Waals surface area contributed by atoms with Crippen LogP contribution < -0.4 is 4.90 Å². The van der Waals surface area contributed by atoms with Gasteiger partial charge in [-0.3, -0.25) is 0 Å². The van der Waals surface area contributed by atoms with Gasteiger partial charge < -0.3 is 23.9 Å². The average Bonchev–Trinajstić information content (AvgIpc) is 3.12. The van der Waals surface area contributed by atoms with E-state index in [1.807, 2.05) is 13.0 Å². The number of carboxylic acids is 1. The highest BCUT2D eigenvalue weighted by molar-refractivity contribution is 6.08. The number of furan rings is 1. The van der Waals surface area contributed by atoms with Gasteiger partial charge in [-0.25, -0.2) is 9.59 Å². The smallest absolute Gasteiger partial charge is 0.371 e. The number of rotatable bonds is 6. The normalized spacial score (nSPS) is 15.1. The largest absolute Gasteiger partial charge is 0.475 e. The van der Waals surface area contributed by atoms with Crippen molar-refractivity contribution < 1.29 is 28.6 Å². The lowest BCUT2D eigenvalue weighted by molar-refractivity contribution is 0.0600. The van der Waals surface area contributed by atoms with E-state index < -0.39 is 11.9 Å². The van der Waals surface area contributed by atoms with Crippen LogP contribution in [0.2, 0.25) is 0 Å². The Balaban J connectivity index is 2.24. The molecule has 1 aliphatic rings. The van der Waals surface area contributed by atoms with Crippen molar-refractivity contribution in [3.8, 4) is 0 Å². The molecule has 0 aliphatic carbocycles. The minimum atomic E-state index is -1.17. The first-order chi connectivity index (χ1) is 13.0. The van der Waals surface area contributed by atoms with Crippen LogP contribution in [-0.4, -0.2) is 50.0 Å². The van der Waals surface area contributed by atoms with Crippen LogP contribution in [0.3, 0.4) is 0 Å². The minimum absolute atomic E-state index is 0.191. The van der Waals surface area contributed by atoms with Crippen LogP contribution in [0.4, 0.5) is 5.69 Å². The molecule has 2 heterocycles. The second-order valence-corrected chi connectivity index (χ2v) is 6.55. The number of aromatic carboxylic acids is 1. The molecule has 1 fully saturated rings. The van der Waals surface area contributed by atoms with E-state index in [9.17, 15) is 14.7 Å². The summed E-state index contributed by atoms with van der Waals surface area (Å²) < 4.78 is 16.0. The van der Waals surface area contributed by atoms with Gasteiger partial charge in [-0.2, -0.15) is 0 Å². The predicted octanol–water partition coefficient (Wildman–Crippen LogP) is 3.49. The van der Waals surface area contributed by atoms with Gasteiger partial charge in [0.05, 0.1) is 12.7 Å². The maximum atomic E-state index is 12.6. The molecule has 3 rings (SSSR count). The average molecular weight is 375 g/mol. The fourth-order valence-corrected chi connectivity index (χ4v) is 3.89. The number of benzene rings is 1. The van der Waals surface area contributed by atoms with Crippen LogP contribution >= 0.6 is 0 Å². The maximum Gasteiger partial charge on any atom is 0.371 e. The Labute approximate surface area is 157 Å². The van der Waals surface area contributed by atoms with E-state index in [2.05, 4.69) is 11.8 Å². The molecule has 7 heteroatoms. The van der Waals surface area contributed by atoms with Crippen LogP contribution in [0.1, 0.15) is 53.2 Å². The lowest BCUT2D eigenvalue weighted by atomic mass is 9.96. The van der Waals surface area contributed by atoms with Crippen molar-refractivity contribution in [2.75, 3.05) is 31.8 Å². The Kier molecular flexibility index (Phi) is 5.70. The molecule has 1 saturated heterocycles. The second-order valence-electron chi connectivity index (χ2n) is 6.55. The lowest BCUT2D eigenvalue weighted by Gasteiger charge is -2.36. The van der Waals surface area contributed by atoms with Gasteiger partial charge in [0.15, 0.2) is 0 Å². The summed E-state index contributed by atoms with van der Waals surface area (Å²) in [6, 6.07) is 3.55. The summed E-state index contributed by atoms with van der Waals surface area (Å²) in [6.07, 6.45) is 2.42. The van der Waals surface area contributed by atoms with Crippen molar-refractivity contribution >= 4 is 28.6 Å². The van der Waals surface area contributed by atoms with E-state index in [1.165, 1.54) is 13.2 Å². The van der Waals surface area contributed by atoms with Crippen LogP contribution in [0, 0.1) is 0 Å². The van der Waals surface area contributed by atoms with E-state index in [0.717, 1.165) is 30.6 Å². The summed E-state index contributed by atoms with van der Waals surface area (Å²) in [6.45, 7) is 6.22. The molecule has 0 atom stereocenters. The monoisotopic (exact) mass is 375 g/mol. The van der Waals surface area contributed by atoms with E-state index in [0.29, 0.717) is 42.2 Å². The number of nitrogens with zero attached hydrogens (tertiary/aromatic N) is 1. The number of carbonyl (C=O) groups excluding carboxylic acids is 1. The van der Waals surface area contributed by atoms with Gasteiger partial charge in [-0.1, -0.05) is 6.92 Å². The van der Waals surface area contributed by atoms with Crippen molar-refractivity contribution in [2.45, 2.75) is 39.2 Å². The second kappa shape index (κ2) is 8.00. The molecule has 1 aromatic heterocycles. The highest BCUT2D eigenvalue weighted by Crippen LogP contribution is 2.36. The minimum Gasteiger partial charge on any atom is -0.475 e. The van der Waals surface area contributed by atoms with Gasteiger partial charge >= 0.3 is 11.9 Å². The summed E-state index contributed by atoms with van der Waals surface area (Å²) >= 11 is 0. The Bertz CT molecular complexity index is 850. The van der Waals surface area contributed by atoms with Gasteiger partial charge in [0.25, 0.3) is 0 Å². The number of carbonyl (C=O) groups is 2. The standard InChI is InChI=1S/C20H25NO6/c1-4-13-15(21(5-2)12-6-8-26-9-7-12)11-16-14(18(13)20(24)25-3)10-17(27-16)19(22)23/h10-12H,4-9H2,1-3H3,(H,22,23). The quantitative estimate of drug-likeness (QED) is 0.773. The molecule has 0 radical (unpaired) electrons. The number of ether oxygens (including phenoxy) is 2. The number of methoxy groups -OCH3 is 1. The molecule has 27 heavy (non-hydrogen) atoms. The third-order valence-electron chi connectivity index (χ3n) is 5.14. The molecule has 7 nitrogen and oxygen atoms in total. The molecule has 1 aromatic carbocycles. The van der Waals surface area contributed by atoms with E-state index in [4.69, 9.17) is 13.9 Å². The number of fused-ring (bicyclic) bond motifs is 1. The molecule has 146 valence electrons. The number of anilines is 1. The molecule has 1 aliphatic heterocycles. The van der Waals surface area contributed by atoms with Crippen molar-refractivity contribution in [3.05, 3.63) is 29.0 Å². The van der Waals surface area contributed by atoms with Gasteiger partial charge in [-0.05, 0) is 31.7 Å². The molecule has 0 saturated carbocycles. The SMILES string of the molecule is CCc1c(N(CC)C2CCOCC2)cc2oc(C(=O)O)cc2c1C(=O)OC. The first-order valence-electron chi connectivity index (χ1n) is 9.27. The number of hydrogen-bond donors (Lipinski definition) is 1. The number of hydrogen-bond acceptors (Lipinski definition) is 6. The summed E-state index contributed by atoms with van der Waals surface area (Å²) in [5.41, 5.74) is 2.51. The first-order valence-corrected chi connectivity index (χ1v) is 9.27. The van der Waals surface area contributed by atoms with Crippen LogP contribution in [-0.2, 0) is 15.9 Å². The zero-order valence-electron chi connectivity index (χ0n) is 15.9. The van der Waals surface area contributed by atoms with Crippen LogP contribution in [0.25, 0.3) is 11.0 Å². The Hall–Kier alpha value is -2.54. The molecular weight excluding hydrogens is 350 g/mol. The van der Waals surface area contributed by atoms with E-state index in [-0.39, 0.29) is 5.76 Å². The van der Waals surface area contributed by atoms with Crippen LogP contribution in [0.5, 0.6) is 0 Å². The summed E-state index contributed by atoms with van der Waals surface area (Å²) in [5, 5.41) is 9.77. The Morgan fingerprint density at radius 3 is 2.52 bits per heavy atom. The molecule has 0 unspecified atom stereocenters. The third kappa shape index (κ3) is 3.51. The fourth-order valence-electron chi connectivity index (χ4n) is 3.89. The third-order valence-corrected chi connectivity index (χ3v) is 5.14.